The van der Waals surface area contributed by atoms with Gasteiger partial charge in [-0.1, -0.05) is 235 Å². The van der Waals surface area contributed by atoms with E-state index >= 15 is 0 Å². The van der Waals surface area contributed by atoms with Gasteiger partial charge in [0.2, 0.25) is 0 Å². The van der Waals surface area contributed by atoms with Crippen molar-refractivity contribution >= 4 is 11.1 Å². The highest BCUT2D eigenvalue weighted by molar-refractivity contribution is 5.82. The first kappa shape index (κ1) is 56.0. The smallest absolute Gasteiger partial charge is 0.133 e. The van der Waals surface area contributed by atoms with E-state index < -0.39 is 0 Å². The molecule has 0 N–H and O–H groups in total. The molecule has 2 aromatic rings. The fourth-order valence-electron chi connectivity index (χ4n) is 7.77. The van der Waals surface area contributed by atoms with E-state index in [1.54, 1.807) is 5.56 Å². The minimum atomic E-state index is 0.768. The monoisotopic (exact) mass is 803 g/mol. The number of hydrogen-bond acceptors (Lipinski definition) is 1. The Morgan fingerprint density at radius 1 is 0.638 bits per heavy atom. The van der Waals surface area contributed by atoms with E-state index in [0.29, 0.717) is 0 Å². The first-order valence-corrected chi connectivity index (χ1v) is 25.7. The molecule has 0 aliphatic heterocycles. The summed E-state index contributed by atoms with van der Waals surface area (Å²) in [5.74, 6) is 4.83. The molecule has 1 atom stereocenters. The molecule has 4 rings (SSSR count). The van der Waals surface area contributed by atoms with Crippen molar-refractivity contribution in [2.45, 2.75) is 269 Å². The Morgan fingerprint density at radius 2 is 1.21 bits per heavy atom. The quantitative estimate of drug-likeness (QED) is 0.0720. The minimum Gasteiger partial charge on any atom is -0.461 e. The summed E-state index contributed by atoms with van der Waals surface area (Å²) in [6, 6.07) is 8.95. The maximum Gasteiger partial charge on any atom is 0.133 e. The molecule has 336 valence electrons. The van der Waals surface area contributed by atoms with E-state index in [-0.39, 0.29) is 0 Å². The van der Waals surface area contributed by atoms with Crippen LogP contribution >= 0.6 is 0 Å². The van der Waals surface area contributed by atoms with E-state index in [9.17, 15) is 0 Å². The molecule has 0 radical (unpaired) electrons. The Hall–Kier alpha value is -2.02. The van der Waals surface area contributed by atoms with Crippen molar-refractivity contribution in [2.24, 2.45) is 11.8 Å². The Labute approximate surface area is 365 Å². The van der Waals surface area contributed by atoms with Gasteiger partial charge in [0.1, 0.15) is 11.5 Å². The van der Waals surface area contributed by atoms with Crippen LogP contribution in [0.4, 0.5) is 0 Å². The lowest BCUT2D eigenvalue weighted by Gasteiger charge is -2.28. The summed E-state index contributed by atoms with van der Waals surface area (Å²) < 4.78 is 5.90. The topological polar surface area (TPSA) is 13.1 Å². The highest BCUT2D eigenvalue weighted by Gasteiger charge is 2.22. The molecule has 1 unspecified atom stereocenters. The molecule has 1 aromatic carbocycles. The fraction of sp³-hybridized carbons (Fsp3) is 0.754. The van der Waals surface area contributed by atoms with Crippen LogP contribution in [0.3, 0.4) is 0 Å². The molecular formula is C57H102O. The van der Waals surface area contributed by atoms with Crippen LogP contribution in [0.1, 0.15) is 282 Å². The zero-order valence-electron chi connectivity index (χ0n) is 41.7. The molecule has 2 saturated carbocycles. The lowest BCUT2D eigenvalue weighted by atomic mass is 9.77. The van der Waals surface area contributed by atoms with Crippen LogP contribution in [-0.2, 0) is 0 Å². The number of rotatable bonds is 25. The third kappa shape index (κ3) is 27.7. The first-order valence-electron chi connectivity index (χ1n) is 25.7. The Morgan fingerprint density at radius 3 is 1.67 bits per heavy atom. The number of hydrogen-bond donors (Lipinski definition) is 0. The summed E-state index contributed by atoms with van der Waals surface area (Å²) in [5, 5.41) is 0. The standard InChI is InChI=1S/C25H32O.C15H30.C11H24.C4H10.C2H6/c1-6-7-9-22(25-13-12-20(5)26-25)15-19(4)23-16-24(21-10-8-11-21)18(3)14-17(23)2;1-2-3-4-5-6-7-8-9-10-11-12-15-13-14-15;1-4-6-7-8-10-11(3)9-5-2;1-3-4-2;1-2/h9,12-16,21H,6-8,10-11H2,1-5H3;15H,2-14H2,1H3;11H,4-10H2,1-3H3;3-4H2,1-2H3;1-2H3/b19-15-,22-9-;;;;. The summed E-state index contributed by atoms with van der Waals surface area (Å²) in [7, 11) is 0. The van der Waals surface area contributed by atoms with E-state index in [1.807, 2.05) is 26.8 Å². The molecule has 0 bridgehead atoms. The van der Waals surface area contributed by atoms with Gasteiger partial charge in [0.05, 0.1) is 0 Å². The first-order chi connectivity index (χ1) is 28.1. The van der Waals surface area contributed by atoms with Crippen LogP contribution in [0.2, 0.25) is 0 Å². The fourth-order valence-corrected chi connectivity index (χ4v) is 7.77. The number of unbranched alkanes of at least 4 members (excludes halogenated alkanes) is 14. The van der Waals surface area contributed by atoms with Gasteiger partial charge in [-0.25, -0.2) is 0 Å². The van der Waals surface area contributed by atoms with Crippen molar-refractivity contribution in [3.8, 4) is 0 Å². The van der Waals surface area contributed by atoms with E-state index in [1.165, 1.54) is 188 Å². The van der Waals surface area contributed by atoms with Gasteiger partial charge >= 0.3 is 0 Å². The molecule has 58 heavy (non-hydrogen) atoms. The predicted molar refractivity (Wildman–Crippen MR) is 266 cm³/mol. The molecular weight excluding hydrogens is 701 g/mol. The molecule has 2 fully saturated rings. The van der Waals surface area contributed by atoms with Crippen LogP contribution in [0, 0.1) is 32.6 Å². The van der Waals surface area contributed by atoms with Crippen molar-refractivity contribution < 1.29 is 4.42 Å². The Balaban J connectivity index is 0.000000861. The highest BCUT2D eigenvalue weighted by Crippen LogP contribution is 2.40. The van der Waals surface area contributed by atoms with Crippen molar-refractivity contribution in [1.29, 1.82) is 0 Å². The van der Waals surface area contributed by atoms with Gasteiger partial charge in [-0.15, -0.1) is 0 Å². The maximum absolute atomic E-state index is 5.90. The summed E-state index contributed by atoms with van der Waals surface area (Å²) in [6.07, 6.45) is 42.8. The van der Waals surface area contributed by atoms with Gasteiger partial charge in [-0.2, -0.15) is 0 Å². The normalized spacial score (nSPS) is 14.4. The Bertz CT molecular complexity index is 1260. The summed E-state index contributed by atoms with van der Waals surface area (Å²) in [6.45, 7) is 28.5. The van der Waals surface area contributed by atoms with Gasteiger partial charge in [-0.05, 0) is 111 Å². The van der Waals surface area contributed by atoms with Gasteiger partial charge in [0, 0.05) is 5.57 Å². The van der Waals surface area contributed by atoms with Crippen molar-refractivity contribution in [2.75, 3.05) is 0 Å². The summed E-state index contributed by atoms with van der Waals surface area (Å²) in [4.78, 5) is 0. The van der Waals surface area contributed by atoms with Gasteiger partial charge in [0.15, 0.2) is 0 Å². The minimum absolute atomic E-state index is 0.768. The second-order valence-corrected chi connectivity index (χ2v) is 18.0. The van der Waals surface area contributed by atoms with Crippen molar-refractivity contribution in [3.05, 3.63) is 70.2 Å². The van der Waals surface area contributed by atoms with Gasteiger partial charge in [-0.3, -0.25) is 0 Å². The molecule has 1 heteroatoms. The number of furan rings is 1. The lowest BCUT2D eigenvalue weighted by Crippen LogP contribution is -2.11. The van der Waals surface area contributed by atoms with Crippen LogP contribution in [0.25, 0.3) is 11.1 Å². The maximum atomic E-state index is 5.90. The summed E-state index contributed by atoms with van der Waals surface area (Å²) in [5.41, 5.74) is 8.26. The van der Waals surface area contributed by atoms with E-state index in [4.69, 9.17) is 4.42 Å². The van der Waals surface area contributed by atoms with Crippen molar-refractivity contribution in [3.63, 3.8) is 0 Å². The van der Waals surface area contributed by atoms with Gasteiger partial charge in [0.25, 0.3) is 0 Å². The number of aryl methyl sites for hydroxylation is 3. The largest absolute Gasteiger partial charge is 0.461 e. The van der Waals surface area contributed by atoms with Crippen LogP contribution < -0.4 is 0 Å². The number of allylic oxidation sites excluding steroid dienone is 4. The Kier molecular flexibility index (Phi) is 36.6. The molecule has 2 aliphatic rings. The molecule has 0 saturated heterocycles. The zero-order chi connectivity index (χ0) is 43.4. The molecule has 0 amide bonds. The predicted octanol–water partition coefficient (Wildman–Crippen LogP) is 20.7. The number of benzene rings is 1. The molecule has 1 aromatic heterocycles. The molecule has 2 aliphatic carbocycles. The van der Waals surface area contributed by atoms with Crippen LogP contribution in [-0.4, -0.2) is 0 Å². The van der Waals surface area contributed by atoms with Crippen LogP contribution in [0.15, 0.2) is 40.8 Å². The highest BCUT2D eigenvalue weighted by atomic mass is 16.3. The average Bonchev–Trinajstić information content (AvgIpc) is 3.93. The summed E-state index contributed by atoms with van der Waals surface area (Å²) >= 11 is 0. The third-order valence-corrected chi connectivity index (χ3v) is 12.1. The van der Waals surface area contributed by atoms with E-state index in [0.717, 1.165) is 42.1 Å². The molecule has 0 spiro atoms. The average molecular weight is 803 g/mol. The molecule has 1 heterocycles. The van der Waals surface area contributed by atoms with E-state index in [2.05, 4.69) is 99.6 Å². The third-order valence-electron chi connectivity index (χ3n) is 12.1. The molecule has 1 nitrogen and oxygen atoms in total. The lowest BCUT2D eigenvalue weighted by molar-refractivity contribution is 0.418. The second-order valence-electron chi connectivity index (χ2n) is 18.0. The zero-order valence-corrected chi connectivity index (χ0v) is 41.7. The van der Waals surface area contributed by atoms with Crippen molar-refractivity contribution in [1.82, 2.24) is 0 Å². The van der Waals surface area contributed by atoms with Gasteiger partial charge < -0.3 is 4.42 Å². The second kappa shape index (κ2) is 37.9. The SMILES string of the molecule is CC.CCC/C=C(/C=C(/C)c1cc(C2CCC2)c(C)cc1C)c1ccc(C)o1.CCCC.CCCCCCC(C)CCC.CCCCCCCCCCCCC1CC1. The van der Waals surface area contributed by atoms with Crippen LogP contribution in [0.5, 0.6) is 0 Å².